The molecule has 1 aliphatic heterocycles. The Balaban J connectivity index is 2.09. The third-order valence-electron chi connectivity index (χ3n) is 2.28. The molecule has 0 bridgehead atoms. The summed E-state index contributed by atoms with van der Waals surface area (Å²) in [6, 6.07) is 0. The second kappa shape index (κ2) is 5.56. The SMILES string of the molecule is CCNCN1CCCCCC1. The van der Waals surface area contributed by atoms with Gasteiger partial charge in [-0.15, -0.1) is 0 Å². The monoisotopic (exact) mass is 156 g/mol. The van der Waals surface area contributed by atoms with Crippen molar-refractivity contribution in [1.29, 1.82) is 0 Å². The summed E-state index contributed by atoms with van der Waals surface area (Å²) in [6.07, 6.45) is 5.65. The van der Waals surface area contributed by atoms with Gasteiger partial charge < -0.3 is 5.32 Å². The first-order valence-corrected chi connectivity index (χ1v) is 4.86. The first-order valence-electron chi connectivity index (χ1n) is 4.86. The predicted molar refractivity (Wildman–Crippen MR) is 48.6 cm³/mol. The van der Waals surface area contributed by atoms with Crippen molar-refractivity contribution in [2.45, 2.75) is 32.6 Å². The molecular weight excluding hydrogens is 136 g/mol. The van der Waals surface area contributed by atoms with Gasteiger partial charge >= 0.3 is 0 Å². The number of nitrogens with one attached hydrogen (secondary N) is 1. The van der Waals surface area contributed by atoms with E-state index < -0.39 is 0 Å². The Labute approximate surface area is 70.0 Å². The molecule has 1 fully saturated rings. The van der Waals surface area contributed by atoms with Crippen molar-refractivity contribution in [3.8, 4) is 0 Å². The van der Waals surface area contributed by atoms with Gasteiger partial charge in [-0.25, -0.2) is 0 Å². The van der Waals surface area contributed by atoms with Gasteiger partial charge in [-0.2, -0.15) is 0 Å². The largest absolute Gasteiger partial charge is 0.305 e. The van der Waals surface area contributed by atoms with Crippen LogP contribution in [0, 0.1) is 0 Å². The van der Waals surface area contributed by atoms with Gasteiger partial charge in [0.2, 0.25) is 0 Å². The smallest absolute Gasteiger partial charge is 0.0480 e. The highest BCUT2D eigenvalue weighted by molar-refractivity contribution is 4.61. The van der Waals surface area contributed by atoms with Crippen molar-refractivity contribution in [3.05, 3.63) is 0 Å². The molecule has 1 aliphatic rings. The maximum absolute atomic E-state index is 3.37. The van der Waals surface area contributed by atoms with Crippen LogP contribution >= 0.6 is 0 Å². The van der Waals surface area contributed by atoms with Crippen molar-refractivity contribution >= 4 is 0 Å². The van der Waals surface area contributed by atoms with E-state index in [9.17, 15) is 0 Å². The third-order valence-corrected chi connectivity index (χ3v) is 2.28. The van der Waals surface area contributed by atoms with E-state index in [1.807, 2.05) is 0 Å². The van der Waals surface area contributed by atoms with Crippen LogP contribution in [0.4, 0.5) is 0 Å². The van der Waals surface area contributed by atoms with Crippen LogP contribution in [0.5, 0.6) is 0 Å². The van der Waals surface area contributed by atoms with Crippen molar-refractivity contribution in [2.75, 3.05) is 26.3 Å². The van der Waals surface area contributed by atoms with Gasteiger partial charge in [-0.05, 0) is 32.5 Å². The van der Waals surface area contributed by atoms with E-state index >= 15 is 0 Å². The molecule has 1 heterocycles. The molecule has 1 rings (SSSR count). The van der Waals surface area contributed by atoms with Crippen molar-refractivity contribution in [1.82, 2.24) is 10.2 Å². The fourth-order valence-electron chi connectivity index (χ4n) is 1.56. The molecule has 0 saturated carbocycles. The Hall–Kier alpha value is -0.0800. The first kappa shape index (κ1) is 9.01. The van der Waals surface area contributed by atoms with Crippen LogP contribution in [0.3, 0.4) is 0 Å². The fourth-order valence-corrected chi connectivity index (χ4v) is 1.56. The predicted octanol–water partition coefficient (Wildman–Crippen LogP) is 1.43. The van der Waals surface area contributed by atoms with Gasteiger partial charge in [0.15, 0.2) is 0 Å². The zero-order valence-electron chi connectivity index (χ0n) is 7.60. The maximum atomic E-state index is 3.37. The minimum absolute atomic E-state index is 1.09. The lowest BCUT2D eigenvalue weighted by molar-refractivity contribution is 0.265. The first-order chi connectivity index (χ1) is 5.43. The fraction of sp³-hybridized carbons (Fsp3) is 1.00. The van der Waals surface area contributed by atoms with Crippen LogP contribution in [0.1, 0.15) is 32.6 Å². The Morgan fingerprint density at radius 1 is 1.09 bits per heavy atom. The zero-order chi connectivity index (χ0) is 7.94. The van der Waals surface area contributed by atoms with Gasteiger partial charge in [0.05, 0.1) is 0 Å². The third kappa shape index (κ3) is 3.73. The molecule has 0 spiro atoms. The topological polar surface area (TPSA) is 15.3 Å². The quantitative estimate of drug-likeness (QED) is 0.665. The summed E-state index contributed by atoms with van der Waals surface area (Å²) in [6.45, 7) is 6.95. The summed E-state index contributed by atoms with van der Waals surface area (Å²) >= 11 is 0. The molecule has 0 aliphatic carbocycles. The molecule has 0 unspecified atom stereocenters. The minimum Gasteiger partial charge on any atom is -0.305 e. The number of likely N-dealkylation sites (tertiary alicyclic amines) is 1. The van der Waals surface area contributed by atoms with E-state index in [4.69, 9.17) is 0 Å². The van der Waals surface area contributed by atoms with E-state index in [1.165, 1.54) is 38.8 Å². The Morgan fingerprint density at radius 3 is 2.27 bits per heavy atom. The minimum atomic E-state index is 1.09. The van der Waals surface area contributed by atoms with Gasteiger partial charge in [0.25, 0.3) is 0 Å². The van der Waals surface area contributed by atoms with E-state index in [2.05, 4.69) is 17.1 Å². The highest BCUT2D eigenvalue weighted by Gasteiger charge is 2.06. The molecule has 1 saturated heterocycles. The average Bonchev–Trinajstić information content (AvgIpc) is 2.28. The Morgan fingerprint density at radius 2 is 1.73 bits per heavy atom. The molecule has 0 amide bonds. The summed E-state index contributed by atoms with van der Waals surface area (Å²) in [4.78, 5) is 2.52. The second-order valence-corrected chi connectivity index (χ2v) is 3.29. The molecule has 66 valence electrons. The zero-order valence-corrected chi connectivity index (χ0v) is 7.60. The van der Waals surface area contributed by atoms with Crippen LogP contribution in [0.2, 0.25) is 0 Å². The molecule has 0 atom stereocenters. The van der Waals surface area contributed by atoms with Gasteiger partial charge in [0.1, 0.15) is 0 Å². The normalized spacial score (nSPS) is 21.5. The van der Waals surface area contributed by atoms with E-state index in [0.29, 0.717) is 0 Å². The standard InChI is InChI=1S/C9H20N2/c1-2-10-9-11-7-5-3-4-6-8-11/h10H,2-9H2,1H3. The number of rotatable bonds is 3. The van der Waals surface area contributed by atoms with Crippen LogP contribution in [-0.2, 0) is 0 Å². The van der Waals surface area contributed by atoms with Crippen molar-refractivity contribution in [2.24, 2.45) is 0 Å². The van der Waals surface area contributed by atoms with Crippen LogP contribution in [0.15, 0.2) is 0 Å². The molecule has 0 aromatic carbocycles. The van der Waals surface area contributed by atoms with Crippen LogP contribution in [0.25, 0.3) is 0 Å². The van der Waals surface area contributed by atoms with Gasteiger partial charge in [0, 0.05) is 6.67 Å². The highest BCUT2D eigenvalue weighted by Crippen LogP contribution is 2.07. The summed E-state index contributed by atoms with van der Waals surface area (Å²) < 4.78 is 0. The number of nitrogens with zero attached hydrogens (tertiary/aromatic N) is 1. The van der Waals surface area contributed by atoms with Crippen LogP contribution in [-0.4, -0.2) is 31.2 Å². The van der Waals surface area contributed by atoms with E-state index in [-0.39, 0.29) is 0 Å². The Kier molecular flexibility index (Phi) is 4.55. The van der Waals surface area contributed by atoms with Crippen molar-refractivity contribution in [3.63, 3.8) is 0 Å². The molecule has 2 nitrogen and oxygen atoms in total. The highest BCUT2D eigenvalue weighted by atomic mass is 15.2. The van der Waals surface area contributed by atoms with E-state index in [1.54, 1.807) is 0 Å². The molecule has 1 N–H and O–H groups in total. The summed E-state index contributed by atoms with van der Waals surface area (Å²) in [5.41, 5.74) is 0. The average molecular weight is 156 g/mol. The molecule has 0 aromatic rings. The lowest BCUT2D eigenvalue weighted by atomic mass is 10.2. The lowest BCUT2D eigenvalue weighted by Gasteiger charge is -2.19. The van der Waals surface area contributed by atoms with Crippen molar-refractivity contribution < 1.29 is 0 Å². The molecule has 0 radical (unpaired) electrons. The second-order valence-electron chi connectivity index (χ2n) is 3.29. The molecule has 11 heavy (non-hydrogen) atoms. The van der Waals surface area contributed by atoms with Crippen LogP contribution < -0.4 is 5.32 Å². The van der Waals surface area contributed by atoms with Gasteiger partial charge in [-0.3, -0.25) is 4.90 Å². The summed E-state index contributed by atoms with van der Waals surface area (Å²) in [5, 5.41) is 3.37. The van der Waals surface area contributed by atoms with E-state index in [0.717, 1.165) is 13.2 Å². The lowest BCUT2D eigenvalue weighted by Crippen LogP contribution is -2.34. The number of hydrogen-bond donors (Lipinski definition) is 1. The maximum Gasteiger partial charge on any atom is 0.0480 e. The molecule has 2 heteroatoms. The molecule has 0 aromatic heterocycles. The molecular formula is C9H20N2. The summed E-state index contributed by atoms with van der Waals surface area (Å²) in [7, 11) is 0. The Bertz CT molecular complexity index is 85.6. The summed E-state index contributed by atoms with van der Waals surface area (Å²) in [5.74, 6) is 0. The van der Waals surface area contributed by atoms with Gasteiger partial charge in [-0.1, -0.05) is 19.8 Å². The number of hydrogen-bond acceptors (Lipinski definition) is 2.